The lowest BCUT2D eigenvalue weighted by Crippen LogP contribution is -2.43. The van der Waals surface area contributed by atoms with E-state index in [1.807, 2.05) is 6.92 Å². The topological polar surface area (TPSA) is 72.3 Å². The van der Waals surface area contributed by atoms with Gasteiger partial charge in [0.15, 0.2) is 0 Å². The second-order valence-electron chi connectivity index (χ2n) is 3.81. The van der Waals surface area contributed by atoms with Gasteiger partial charge in [-0.25, -0.2) is 0 Å². The molecule has 3 nitrogen and oxygen atoms in total. The van der Waals surface area contributed by atoms with Crippen molar-refractivity contribution in [2.24, 2.45) is 11.5 Å². The summed E-state index contributed by atoms with van der Waals surface area (Å²) in [6.45, 7) is 5.38. The summed E-state index contributed by atoms with van der Waals surface area (Å²) < 4.78 is 0. The predicted octanol–water partition coefficient (Wildman–Crippen LogP) is 0.212. The second kappa shape index (κ2) is 4.04. The molecular weight excluding hydrogens is 140 g/mol. The summed E-state index contributed by atoms with van der Waals surface area (Å²) in [5.41, 5.74) is 10.5. The normalized spacial score (nSPS) is 18.0. The van der Waals surface area contributed by atoms with Crippen molar-refractivity contribution >= 4 is 0 Å². The van der Waals surface area contributed by atoms with E-state index < -0.39 is 5.60 Å². The van der Waals surface area contributed by atoms with Crippen molar-refractivity contribution in [2.45, 2.75) is 51.3 Å². The smallest absolute Gasteiger partial charge is 0.0741 e. The first-order valence-corrected chi connectivity index (χ1v) is 4.07. The molecule has 0 saturated carbocycles. The van der Waals surface area contributed by atoms with Crippen LogP contribution in [-0.4, -0.2) is 22.8 Å². The fourth-order valence-corrected chi connectivity index (χ4v) is 0.796. The Kier molecular flexibility index (Phi) is 4.00. The molecule has 3 heteroatoms. The molecule has 0 aromatic rings. The maximum atomic E-state index is 9.43. The third kappa shape index (κ3) is 5.18. The van der Waals surface area contributed by atoms with E-state index in [2.05, 4.69) is 0 Å². The second-order valence-corrected chi connectivity index (χ2v) is 3.81. The average Bonchev–Trinajstić information content (AvgIpc) is 1.80. The van der Waals surface area contributed by atoms with Gasteiger partial charge in [-0.3, -0.25) is 0 Å². The third-order valence-electron chi connectivity index (χ3n) is 1.84. The molecule has 68 valence electrons. The van der Waals surface area contributed by atoms with Gasteiger partial charge in [0, 0.05) is 12.1 Å². The zero-order valence-electron chi connectivity index (χ0n) is 7.67. The Labute approximate surface area is 68.8 Å². The van der Waals surface area contributed by atoms with E-state index in [0.29, 0.717) is 0 Å². The summed E-state index contributed by atoms with van der Waals surface area (Å²) in [5, 5.41) is 9.43. The van der Waals surface area contributed by atoms with Crippen molar-refractivity contribution in [1.29, 1.82) is 0 Å². The molecule has 0 aromatic heterocycles. The van der Waals surface area contributed by atoms with Crippen LogP contribution in [0.1, 0.15) is 33.6 Å². The highest BCUT2D eigenvalue weighted by atomic mass is 16.3. The lowest BCUT2D eigenvalue weighted by atomic mass is 9.94. The number of hydrogen-bond acceptors (Lipinski definition) is 3. The lowest BCUT2D eigenvalue weighted by molar-refractivity contribution is 0.0480. The summed E-state index contributed by atoms with van der Waals surface area (Å²) in [6.07, 6.45) is 1.65. The van der Waals surface area contributed by atoms with Crippen molar-refractivity contribution in [3.8, 4) is 0 Å². The van der Waals surface area contributed by atoms with E-state index in [-0.39, 0.29) is 12.1 Å². The monoisotopic (exact) mass is 160 g/mol. The van der Waals surface area contributed by atoms with Crippen LogP contribution in [-0.2, 0) is 0 Å². The zero-order chi connectivity index (χ0) is 9.07. The minimum atomic E-state index is -0.783. The molecule has 2 atom stereocenters. The summed E-state index contributed by atoms with van der Waals surface area (Å²) in [5.74, 6) is 0. The first kappa shape index (κ1) is 10.9. The number of nitrogens with two attached hydrogens (primary N) is 2. The van der Waals surface area contributed by atoms with E-state index >= 15 is 0 Å². The van der Waals surface area contributed by atoms with Crippen molar-refractivity contribution in [3.05, 3.63) is 0 Å². The SMILES string of the molecule is CC(N)CCC(N)C(C)(C)O. The third-order valence-corrected chi connectivity index (χ3v) is 1.84. The van der Waals surface area contributed by atoms with Crippen molar-refractivity contribution in [1.82, 2.24) is 0 Å². The summed E-state index contributed by atoms with van der Waals surface area (Å²) >= 11 is 0. The zero-order valence-corrected chi connectivity index (χ0v) is 7.67. The van der Waals surface area contributed by atoms with Crippen LogP contribution in [0.2, 0.25) is 0 Å². The molecule has 2 unspecified atom stereocenters. The summed E-state index contributed by atoms with van der Waals surface area (Å²) in [6, 6.07) is -0.00287. The van der Waals surface area contributed by atoms with Crippen LogP contribution >= 0.6 is 0 Å². The van der Waals surface area contributed by atoms with Gasteiger partial charge in [0.25, 0.3) is 0 Å². The fourth-order valence-electron chi connectivity index (χ4n) is 0.796. The lowest BCUT2D eigenvalue weighted by Gasteiger charge is -2.26. The van der Waals surface area contributed by atoms with E-state index in [1.54, 1.807) is 13.8 Å². The molecule has 0 saturated heterocycles. The van der Waals surface area contributed by atoms with E-state index in [9.17, 15) is 5.11 Å². The van der Waals surface area contributed by atoms with Crippen LogP contribution < -0.4 is 11.5 Å². The Morgan fingerprint density at radius 3 is 2.00 bits per heavy atom. The maximum absolute atomic E-state index is 9.43. The highest BCUT2D eigenvalue weighted by Gasteiger charge is 2.22. The Morgan fingerprint density at radius 1 is 1.27 bits per heavy atom. The van der Waals surface area contributed by atoms with E-state index in [0.717, 1.165) is 12.8 Å². The highest BCUT2D eigenvalue weighted by molar-refractivity contribution is 4.80. The molecule has 0 aliphatic carbocycles. The van der Waals surface area contributed by atoms with Gasteiger partial charge in [-0.05, 0) is 33.6 Å². The summed E-state index contributed by atoms with van der Waals surface area (Å²) in [7, 11) is 0. The first-order valence-electron chi connectivity index (χ1n) is 4.07. The highest BCUT2D eigenvalue weighted by Crippen LogP contribution is 2.11. The minimum absolute atomic E-state index is 0.170. The molecule has 0 heterocycles. The van der Waals surface area contributed by atoms with Crippen LogP contribution in [0, 0.1) is 0 Å². The Bertz CT molecular complexity index is 107. The van der Waals surface area contributed by atoms with Gasteiger partial charge in [0.2, 0.25) is 0 Å². The Hall–Kier alpha value is -0.120. The van der Waals surface area contributed by atoms with Gasteiger partial charge >= 0.3 is 0 Å². The Balaban J connectivity index is 3.61. The Morgan fingerprint density at radius 2 is 1.73 bits per heavy atom. The molecule has 11 heavy (non-hydrogen) atoms. The predicted molar refractivity (Wildman–Crippen MR) is 47.2 cm³/mol. The van der Waals surface area contributed by atoms with E-state index in [1.165, 1.54) is 0 Å². The molecule has 0 spiro atoms. The minimum Gasteiger partial charge on any atom is -0.389 e. The largest absolute Gasteiger partial charge is 0.389 e. The quantitative estimate of drug-likeness (QED) is 0.550. The van der Waals surface area contributed by atoms with Crippen molar-refractivity contribution < 1.29 is 5.11 Å². The van der Waals surface area contributed by atoms with Gasteiger partial charge in [0.1, 0.15) is 0 Å². The van der Waals surface area contributed by atoms with Gasteiger partial charge in [-0.1, -0.05) is 0 Å². The number of rotatable bonds is 4. The molecule has 0 aliphatic heterocycles. The molecule has 0 aromatic carbocycles. The molecule has 0 amide bonds. The van der Waals surface area contributed by atoms with Gasteiger partial charge in [-0.15, -0.1) is 0 Å². The van der Waals surface area contributed by atoms with Crippen LogP contribution in [0.5, 0.6) is 0 Å². The van der Waals surface area contributed by atoms with E-state index in [4.69, 9.17) is 11.5 Å². The fraction of sp³-hybridized carbons (Fsp3) is 1.00. The standard InChI is InChI=1S/C8H20N2O/c1-6(9)4-5-7(10)8(2,3)11/h6-7,11H,4-5,9-10H2,1-3H3. The van der Waals surface area contributed by atoms with Crippen molar-refractivity contribution in [3.63, 3.8) is 0 Å². The molecule has 0 fully saturated rings. The molecule has 0 rings (SSSR count). The van der Waals surface area contributed by atoms with Gasteiger partial charge in [-0.2, -0.15) is 0 Å². The first-order chi connectivity index (χ1) is 4.84. The van der Waals surface area contributed by atoms with Crippen LogP contribution in [0.4, 0.5) is 0 Å². The molecular formula is C8H20N2O. The van der Waals surface area contributed by atoms with Crippen LogP contribution in [0.15, 0.2) is 0 Å². The van der Waals surface area contributed by atoms with Crippen LogP contribution in [0.3, 0.4) is 0 Å². The summed E-state index contributed by atoms with van der Waals surface area (Å²) in [4.78, 5) is 0. The van der Waals surface area contributed by atoms with Crippen LogP contribution in [0.25, 0.3) is 0 Å². The molecule has 0 radical (unpaired) electrons. The van der Waals surface area contributed by atoms with Gasteiger partial charge < -0.3 is 16.6 Å². The average molecular weight is 160 g/mol. The molecule has 0 aliphatic rings. The number of hydrogen-bond donors (Lipinski definition) is 3. The van der Waals surface area contributed by atoms with Gasteiger partial charge in [0.05, 0.1) is 5.60 Å². The van der Waals surface area contributed by atoms with Crippen molar-refractivity contribution in [2.75, 3.05) is 0 Å². The molecule has 5 N–H and O–H groups in total. The molecule has 0 bridgehead atoms. The number of aliphatic hydroxyl groups is 1. The maximum Gasteiger partial charge on any atom is 0.0741 e.